The molecule has 0 rings (SSSR count). The van der Waals surface area contributed by atoms with Crippen LogP contribution in [-0.2, 0) is 9.59 Å². The third-order valence-electron chi connectivity index (χ3n) is 0.467. The van der Waals surface area contributed by atoms with Gasteiger partial charge in [-0.2, -0.15) is 0 Å². The third-order valence-corrected chi connectivity index (χ3v) is 1.61. The minimum atomic E-state index is -1.20. The summed E-state index contributed by atoms with van der Waals surface area (Å²) in [7, 11) is 0. The van der Waals surface area contributed by atoms with Crippen molar-refractivity contribution < 1.29 is 14.7 Å². The summed E-state index contributed by atoms with van der Waals surface area (Å²) in [5.41, 5.74) is 4.61. The van der Waals surface area contributed by atoms with Gasteiger partial charge in [0.1, 0.15) is 0 Å². The molecule has 3 N–H and O–H groups in total. The first-order valence-corrected chi connectivity index (χ1v) is 2.96. The highest BCUT2D eigenvalue weighted by atomic mass is 127. The molecule has 0 fully saturated rings. The van der Waals surface area contributed by atoms with Crippen molar-refractivity contribution in [3.8, 4) is 0 Å². The van der Waals surface area contributed by atoms with Gasteiger partial charge in [-0.15, -0.1) is 0 Å². The molecule has 0 saturated carbocycles. The molecule has 0 aromatic rings. The molecule has 0 radical (unpaired) electrons. The second kappa shape index (κ2) is 2.85. The van der Waals surface area contributed by atoms with Gasteiger partial charge >= 0.3 is 5.97 Å². The van der Waals surface area contributed by atoms with Crippen molar-refractivity contribution in [2.75, 3.05) is 0 Å². The lowest BCUT2D eigenvalue weighted by Gasteiger charge is -1.93. The van der Waals surface area contributed by atoms with Crippen molar-refractivity contribution >= 4 is 34.5 Å². The molecule has 0 saturated heterocycles. The maximum absolute atomic E-state index is 9.97. The number of hydrogen-bond donors (Lipinski definition) is 2. The number of aliphatic carboxylic acids is 1. The molecule has 0 aromatic heterocycles. The van der Waals surface area contributed by atoms with E-state index in [2.05, 4.69) is 5.73 Å². The zero-order chi connectivity index (χ0) is 6.73. The van der Waals surface area contributed by atoms with E-state index in [4.69, 9.17) is 5.11 Å². The average molecular weight is 229 g/mol. The van der Waals surface area contributed by atoms with E-state index >= 15 is 0 Å². The van der Waals surface area contributed by atoms with E-state index in [1.165, 1.54) is 22.6 Å². The molecule has 8 heavy (non-hydrogen) atoms. The summed E-state index contributed by atoms with van der Waals surface area (Å²) >= 11 is 1.45. The van der Waals surface area contributed by atoms with Gasteiger partial charge in [-0.25, -0.2) is 0 Å². The van der Waals surface area contributed by atoms with E-state index in [1.54, 1.807) is 0 Å². The smallest absolute Gasteiger partial charge is 0.326 e. The van der Waals surface area contributed by atoms with Gasteiger partial charge in [-0.1, -0.05) is 22.6 Å². The fourth-order valence-corrected chi connectivity index (χ4v) is 0.122. The Hall–Kier alpha value is -0.330. The highest BCUT2D eigenvalue weighted by molar-refractivity contribution is 14.1. The van der Waals surface area contributed by atoms with Gasteiger partial charge in [0.25, 0.3) is 0 Å². The molecule has 0 heterocycles. The van der Waals surface area contributed by atoms with Gasteiger partial charge in [-0.3, -0.25) is 9.59 Å². The van der Waals surface area contributed by atoms with Crippen LogP contribution in [0.3, 0.4) is 0 Å². The number of halogens is 1. The Balaban J connectivity index is 3.83. The summed E-state index contributed by atoms with van der Waals surface area (Å²) in [6.45, 7) is 0. The van der Waals surface area contributed by atoms with Crippen molar-refractivity contribution in [3.63, 3.8) is 0 Å². The number of nitrogens with two attached hydrogens (primary N) is 1. The van der Waals surface area contributed by atoms with Gasteiger partial charge in [0.2, 0.25) is 5.91 Å². The molecule has 1 atom stereocenters. The topological polar surface area (TPSA) is 80.4 Å². The number of alkyl halides is 1. The van der Waals surface area contributed by atoms with E-state index in [1.807, 2.05) is 0 Å². The summed E-state index contributed by atoms with van der Waals surface area (Å²) < 4.78 is -1.10. The molecule has 0 aliphatic carbocycles. The number of carbonyl (C=O) groups is 2. The zero-order valence-corrected chi connectivity index (χ0v) is 5.95. The standard InChI is InChI=1S/C3H4INO3/c4-1(2(5)6)3(7)8/h1H,(H2,5,6)(H,7,8). The van der Waals surface area contributed by atoms with E-state index in [9.17, 15) is 9.59 Å². The minimum Gasteiger partial charge on any atom is -0.480 e. The number of amides is 1. The molecular weight excluding hydrogens is 225 g/mol. The molecule has 0 spiro atoms. The van der Waals surface area contributed by atoms with Crippen LogP contribution in [0.25, 0.3) is 0 Å². The van der Waals surface area contributed by atoms with Crippen LogP contribution in [0.5, 0.6) is 0 Å². The van der Waals surface area contributed by atoms with Gasteiger partial charge < -0.3 is 10.8 Å². The van der Waals surface area contributed by atoms with Crippen molar-refractivity contribution in [1.29, 1.82) is 0 Å². The third kappa shape index (κ3) is 2.10. The van der Waals surface area contributed by atoms with Crippen LogP contribution in [0.2, 0.25) is 0 Å². The first kappa shape index (κ1) is 7.67. The lowest BCUT2D eigenvalue weighted by Crippen LogP contribution is -2.29. The molecule has 5 heteroatoms. The van der Waals surface area contributed by atoms with Crippen molar-refractivity contribution in [2.45, 2.75) is 3.92 Å². The highest BCUT2D eigenvalue weighted by Gasteiger charge is 2.18. The summed E-state index contributed by atoms with van der Waals surface area (Å²) in [5, 5.41) is 8.04. The molecule has 46 valence electrons. The molecular formula is C3H4INO3. The Kier molecular flexibility index (Phi) is 2.74. The van der Waals surface area contributed by atoms with Crippen molar-refractivity contribution in [2.24, 2.45) is 5.73 Å². The second-order valence-corrected chi connectivity index (χ2v) is 2.35. The average Bonchev–Trinajstić information content (AvgIpc) is 1.64. The van der Waals surface area contributed by atoms with Crippen molar-refractivity contribution in [3.05, 3.63) is 0 Å². The Morgan fingerprint density at radius 3 is 2.00 bits per heavy atom. The van der Waals surface area contributed by atoms with Crippen LogP contribution in [0.15, 0.2) is 0 Å². The van der Waals surface area contributed by atoms with Crippen LogP contribution >= 0.6 is 22.6 Å². The Morgan fingerprint density at radius 1 is 1.62 bits per heavy atom. The van der Waals surface area contributed by atoms with E-state index in [0.717, 1.165) is 0 Å². The number of hydrogen-bond acceptors (Lipinski definition) is 2. The number of carbonyl (C=O) groups excluding carboxylic acids is 1. The number of rotatable bonds is 2. The second-order valence-electron chi connectivity index (χ2n) is 1.10. The number of carboxylic acid groups (broad SMARTS) is 1. The minimum absolute atomic E-state index is 0.821. The van der Waals surface area contributed by atoms with Crippen LogP contribution in [0.4, 0.5) is 0 Å². The fraction of sp³-hybridized carbons (Fsp3) is 0.333. The molecule has 0 aromatic carbocycles. The molecule has 1 amide bonds. The summed E-state index contributed by atoms with van der Waals surface area (Å²) in [5.74, 6) is -2.02. The molecule has 0 aliphatic rings. The summed E-state index contributed by atoms with van der Waals surface area (Å²) in [4.78, 5) is 19.8. The fourth-order valence-electron chi connectivity index (χ4n) is 0.122. The normalized spacial score (nSPS) is 12.6. The van der Waals surface area contributed by atoms with Crippen LogP contribution < -0.4 is 5.73 Å². The predicted octanol–water partition coefficient (Wildman–Crippen LogP) is -0.640. The monoisotopic (exact) mass is 229 g/mol. The molecule has 0 aliphatic heterocycles. The lowest BCUT2D eigenvalue weighted by atomic mass is 10.4. The van der Waals surface area contributed by atoms with Gasteiger partial charge in [0.05, 0.1) is 0 Å². The quantitative estimate of drug-likeness (QED) is 0.375. The Morgan fingerprint density at radius 2 is 2.00 bits per heavy atom. The zero-order valence-electron chi connectivity index (χ0n) is 3.80. The van der Waals surface area contributed by atoms with E-state index in [-0.39, 0.29) is 0 Å². The maximum Gasteiger partial charge on any atom is 0.326 e. The van der Waals surface area contributed by atoms with Gasteiger partial charge in [-0.05, 0) is 0 Å². The van der Waals surface area contributed by atoms with Gasteiger partial charge in [0.15, 0.2) is 3.92 Å². The van der Waals surface area contributed by atoms with Gasteiger partial charge in [0, 0.05) is 0 Å². The first-order chi connectivity index (χ1) is 3.55. The largest absolute Gasteiger partial charge is 0.480 e. The Labute approximate surface area is 59.2 Å². The summed E-state index contributed by atoms with van der Waals surface area (Å²) in [6.07, 6.45) is 0. The number of primary amides is 1. The van der Waals surface area contributed by atoms with Crippen LogP contribution in [0.1, 0.15) is 0 Å². The Bertz CT molecular complexity index is 110. The first-order valence-electron chi connectivity index (χ1n) is 1.72. The van der Waals surface area contributed by atoms with Crippen LogP contribution in [-0.4, -0.2) is 20.9 Å². The van der Waals surface area contributed by atoms with E-state index in [0.29, 0.717) is 0 Å². The molecule has 4 nitrogen and oxygen atoms in total. The predicted molar refractivity (Wildman–Crippen MR) is 34.6 cm³/mol. The van der Waals surface area contributed by atoms with E-state index < -0.39 is 15.8 Å². The summed E-state index contributed by atoms with van der Waals surface area (Å²) in [6, 6.07) is 0. The SMILES string of the molecule is NC(=O)C(I)C(=O)O. The molecule has 0 bridgehead atoms. The lowest BCUT2D eigenvalue weighted by molar-refractivity contribution is -0.138. The van der Waals surface area contributed by atoms with Crippen molar-refractivity contribution in [1.82, 2.24) is 0 Å². The number of carboxylic acids is 1. The maximum atomic E-state index is 9.97. The van der Waals surface area contributed by atoms with Crippen LogP contribution in [0, 0.1) is 0 Å². The molecule has 1 unspecified atom stereocenters. The highest BCUT2D eigenvalue weighted by Crippen LogP contribution is 1.97.